The molecule has 0 aromatic heterocycles. The van der Waals surface area contributed by atoms with Crippen molar-refractivity contribution >= 4 is 18.0 Å². The lowest BCUT2D eigenvalue weighted by molar-refractivity contribution is 0.0703. The molecule has 3 rings (SSSR count). The van der Waals surface area contributed by atoms with Gasteiger partial charge in [0, 0.05) is 38.5 Å². The van der Waals surface area contributed by atoms with Crippen LogP contribution in [-0.2, 0) is 4.74 Å². The lowest BCUT2D eigenvalue weighted by Gasteiger charge is -2.31. The Morgan fingerprint density at radius 2 is 1.77 bits per heavy atom. The number of benzene rings is 1. The molecular weight excluding hydrogens is 408 g/mol. The lowest BCUT2D eigenvalue weighted by atomic mass is 10.1. The molecule has 1 N–H and O–H groups in total. The van der Waals surface area contributed by atoms with E-state index >= 15 is 0 Å². The van der Waals surface area contributed by atoms with Crippen molar-refractivity contribution in [2.75, 3.05) is 39.4 Å². The van der Waals surface area contributed by atoms with E-state index in [4.69, 9.17) is 18.9 Å². The first kappa shape index (κ1) is 24.6. The molecule has 0 saturated carbocycles. The first-order chi connectivity index (χ1) is 14.7. The summed E-state index contributed by atoms with van der Waals surface area (Å²) in [6.07, 6.45) is 5.27. The van der Waals surface area contributed by atoms with E-state index in [1.54, 1.807) is 4.90 Å². The van der Waals surface area contributed by atoms with Gasteiger partial charge in [-0.2, -0.15) is 0 Å². The number of carbonyl (C=O) groups is 1. The van der Waals surface area contributed by atoms with Crippen molar-refractivity contribution in [1.29, 1.82) is 0 Å². The number of piperidine rings is 1. The molecule has 2 aliphatic heterocycles. The van der Waals surface area contributed by atoms with Gasteiger partial charge in [-0.3, -0.25) is 4.66 Å². The molecule has 0 aliphatic carbocycles. The second kappa shape index (κ2) is 13.6. The van der Waals surface area contributed by atoms with Crippen molar-refractivity contribution in [3.8, 4) is 11.5 Å². The van der Waals surface area contributed by atoms with Crippen LogP contribution in [0.1, 0.15) is 46.0 Å². The Balaban J connectivity index is 0.00000155. The van der Waals surface area contributed by atoms with Gasteiger partial charge in [0.25, 0.3) is 0 Å². The Bertz CT molecular complexity index is 608. The van der Waals surface area contributed by atoms with E-state index in [9.17, 15) is 4.79 Å². The van der Waals surface area contributed by atoms with Crippen LogP contribution < -0.4 is 9.47 Å². The fraction of sp³-hybridized carbons (Fsp3) is 0.682. The summed E-state index contributed by atoms with van der Waals surface area (Å²) in [5.74, 6) is 1.74. The Kier molecular flexibility index (Phi) is 11.1. The molecular formula is C22H35ClN2O5. The van der Waals surface area contributed by atoms with Crippen molar-refractivity contribution in [2.45, 2.75) is 58.1 Å². The van der Waals surface area contributed by atoms with E-state index in [0.717, 1.165) is 50.0 Å². The van der Waals surface area contributed by atoms with Crippen LogP contribution in [0.5, 0.6) is 11.5 Å². The minimum absolute atomic E-state index is 0.139. The van der Waals surface area contributed by atoms with Crippen LogP contribution in [0.25, 0.3) is 0 Å². The second-order valence-electron chi connectivity index (χ2n) is 7.70. The molecule has 8 heteroatoms. The monoisotopic (exact) mass is 442 g/mol. The zero-order valence-electron chi connectivity index (χ0n) is 18.1. The predicted octanol–water partition coefficient (Wildman–Crippen LogP) is 4.07. The SMILES string of the molecule is CCOC(=O)N1CCC(Oc2ccc(OCCCN3CCC[C@H]3C)cc2)CC1.OCl. The van der Waals surface area contributed by atoms with Gasteiger partial charge in [0.05, 0.1) is 25.1 Å². The highest BCUT2D eigenvalue weighted by molar-refractivity contribution is 6.04. The minimum atomic E-state index is -0.221. The van der Waals surface area contributed by atoms with E-state index in [0.29, 0.717) is 19.7 Å². The highest BCUT2D eigenvalue weighted by Gasteiger charge is 2.24. The maximum absolute atomic E-state index is 11.7. The normalized spacial score (nSPS) is 19.7. The third-order valence-electron chi connectivity index (χ3n) is 5.64. The molecule has 2 fully saturated rings. The van der Waals surface area contributed by atoms with Gasteiger partial charge in [0.1, 0.15) is 17.6 Å². The van der Waals surface area contributed by atoms with Crippen LogP contribution in [0.3, 0.4) is 0 Å². The molecule has 0 bridgehead atoms. The fourth-order valence-electron chi connectivity index (χ4n) is 3.96. The maximum Gasteiger partial charge on any atom is 0.409 e. The van der Waals surface area contributed by atoms with Gasteiger partial charge in [0.2, 0.25) is 0 Å². The molecule has 0 radical (unpaired) electrons. The number of carbonyl (C=O) groups excluding carboxylic acids is 1. The Hall–Kier alpha value is -1.70. The van der Waals surface area contributed by atoms with Crippen molar-refractivity contribution in [1.82, 2.24) is 9.80 Å². The van der Waals surface area contributed by atoms with Gasteiger partial charge in [0.15, 0.2) is 0 Å². The lowest BCUT2D eigenvalue weighted by Crippen LogP contribution is -2.42. The van der Waals surface area contributed by atoms with Crippen molar-refractivity contribution in [3.05, 3.63) is 24.3 Å². The summed E-state index contributed by atoms with van der Waals surface area (Å²) in [4.78, 5) is 16.0. The van der Waals surface area contributed by atoms with Crippen LogP contribution in [-0.4, -0.2) is 72.1 Å². The standard InChI is InChI=1S/C22H34N2O4.ClHO/c1-3-26-22(25)24-15-11-21(12-16-24)28-20-9-7-19(8-10-20)27-17-5-14-23-13-4-6-18(23)2;1-2/h7-10,18,21H,3-6,11-17H2,1-2H3;2H/t18-;/m1./s1. The molecule has 0 spiro atoms. The summed E-state index contributed by atoms with van der Waals surface area (Å²) in [5.41, 5.74) is 0. The summed E-state index contributed by atoms with van der Waals surface area (Å²) < 4.78 is 23.5. The topological polar surface area (TPSA) is 71.5 Å². The van der Waals surface area contributed by atoms with Crippen LogP contribution >= 0.6 is 11.9 Å². The summed E-state index contributed by atoms with van der Waals surface area (Å²) in [6, 6.07) is 8.61. The van der Waals surface area contributed by atoms with E-state index in [-0.39, 0.29) is 12.2 Å². The molecule has 1 aromatic carbocycles. The fourth-order valence-corrected chi connectivity index (χ4v) is 3.96. The van der Waals surface area contributed by atoms with Gasteiger partial charge >= 0.3 is 6.09 Å². The van der Waals surface area contributed by atoms with E-state index in [2.05, 4.69) is 23.7 Å². The van der Waals surface area contributed by atoms with Crippen molar-refractivity contribution in [3.63, 3.8) is 0 Å². The molecule has 2 aliphatic rings. The first-order valence-electron chi connectivity index (χ1n) is 10.9. The summed E-state index contributed by atoms with van der Waals surface area (Å²) in [5, 5.41) is 0. The third kappa shape index (κ3) is 7.85. The molecule has 2 heterocycles. The van der Waals surface area contributed by atoms with Gasteiger partial charge < -0.3 is 24.0 Å². The number of likely N-dealkylation sites (tertiary alicyclic amines) is 2. The van der Waals surface area contributed by atoms with Crippen molar-refractivity contribution in [2.24, 2.45) is 0 Å². The Labute approximate surface area is 185 Å². The van der Waals surface area contributed by atoms with Crippen LogP contribution in [0.2, 0.25) is 0 Å². The van der Waals surface area contributed by atoms with Crippen LogP contribution in [0.4, 0.5) is 4.79 Å². The first-order valence-corrected chi connectivity index (χ1v) is 11.2. The molecule has 170 valence electrons. The average Bonchev–Trinajstić information content (AvgIpc) is 3.19. The van der Waals surface area contributed by atoms with E-state index in [1.165, 1.54) is 19.4 Å². The molecule has 0 unspecified atom stereocenters. The number of rotatable bonds is 8. The van der Waals surface area contributed by atoms with Crippen molar-refractivity contribution < 1.29 is 23.7 Å². The number of halogens is 1. The highest BCUT2D eigenvalue weighted by Crippen LogP contribution is 2.23. The molecule has 1 atom stereocenters. The second-order valence-corrected chi connectivity index (χ2v) is 7.70. The average molecular weight is 443 g/mol. The smallest absolute Gasteiger partial charge is 0.409 e. The number of hydrogen-bond acceptors (Lipinski definition) is 6. The zero-order chi connectivity index (χ0) is 21.8. The highest BCUT2D eigenvalue weighted by atomic mass is 35.5. The number of nitrogens with zero attached hydrogens (tertiary/aromatic N) is 2. The quantitative estimate of drug-likeness (QED) is 0.612. The number of amides is 1. The Morgan fingerprint density at radius 1 is 1.10 bits per heavy atom. The number of ether oxygens (including phenoxy) is 3. The van der Waals surface area contributed by atoms with E-state index < -0.39 is 0 Å². The molecule has 1 amide bonds. The largest absolute Gasteiger partial charge is 0.494 e. The van der Waals surface area contributed by atoms with Gasteiger partial charge in [-0.1, -0.05) is 0 Å². The zero-order valence-corrected chi connectivity index (χ0v) is 18.9. The maximum atomic E-state index is 11.7. The summed E-state index contributed by atoms with van der Waals surface area (Å²) >= 11 is 3.64. The Morgan fingerprint density at radius 3 is 2.37 bits per heavy atom. The molecule has 30 heavy (non-hydrogen) atoms. The van der Waals surface area contributed by atoms with Gasteiger partial charge in [-0.05, 0) is 63.9 Å². The van der Waals surface area contributed by atoms with Crippen LogP contribution in [0.15, 0.2) is 24.3 Å². The predicted molar refractivity (Wildman–Crippen MR) is 117 cm³/mol. The molecule has 2 saturated heterocycles. The molecule has 1 aromatic rings. The van der Waals surface area contributed by atoms with E-state index in [1.807, 2.05) is 31.2 Å². The van der Waals surface area contributed by atoms with Crippen LogP contribution in [0, 0.1) is 0 Å². The molecule has 7 nitrogen and oxygen atoms in total. The third-order valence-corrected chi connectivity index (χ3v) is 5.64. The van der Waals surface area contributed by atoms with Gasteiger partial charge in [-0.15, -0.1) is 0 Å². The minimum Gasteiger partial charge on any atom is -0.494 e. The summed E-state index contributed by atoms with van der Waals surface area (Å²) in [7, 11) is 0. The summed E-state index contributed by atoms with van der Waals surface area (Å²) in [6.45, 7) is 9.01. The number of hydrogen-bond donors (Lipinski definition) is 1. The van der Waals surface area contributed by atoms with Gasteiger partial charge in [-0.25, -0.2) is 4.79 Å².